The molecule has 1 fully saturated rings. The molecular weight excluding hydrogens is 224 g/mol. The number of rotatable bonds is 7. The molecule has 2 heterocycles. The maximum atomic E-state index is 5.74. The Kier molecular flexibility index (Phi) is 5.72. The number of hydrogen-bond donors (Lipinski definition) is 0. The van der Waals surface area contributed by atoms with Crippen LogP contribution in [0.4, 0.5) is 0 Å². The lowest BCUT2D eigenvalue weighted by atomic mass is 10.1. The van der Waals surface area contributed by atoms with Crippen molar-refractivity contribution in [2.75, 3.05) is 6.61 Å². The summed E-state index contributed by atoms with van der Waals surface area (Å²) in [4.78, 5) is 0. The van der Waals surface area contributed by atoms with Crippen LogP contribution < -0.4 is 0 Å². The van der Waals surface area contributed by atoms with E-state index in [1.165, 1.54) is 50.6 Å². The summed E-state index contributed by atoms with van der Waals surface area (Å²) >= 11 is 0. The molecule has 0 N–H and O–H groups in total. The number of ether oxygens (including phenoxy) is 1. The molecule has 0 radical (unpaired) electrons. The molecule has 1 aromatic heterocycles. The van der Waals surface area contributed by atoms with Gasteiger partial charge in [-0.3, -0.25) is 0 Å². The number of nitrogens with zero attached hydrogens (tertiary/aromatic N) is 2. The maximum Gasteiger partial charge on any atom is 0.150 e. The molecule has 0 amide bonds. The van der Waals surface area contributed by atoms with E-state index in [2.05, 4.69) is 24.3 Å². The van der Waals surface area contributed by atoms with Gasteiger partial charge >= 0.3 is 0 Å². The Labute approximate surface area is 111 Å². The van der Waals surface area contributed by atoms with E-state index in [0.717, 1.165) is 19.4 Å². The second-order valence-corrected chi connectivity index (χ2v) is 5.27. The van der Waals surface area contributed by atoms with Crippen molar-refractivity contribution in [1.29, 1.82) is 0 Å². The first-order valence-corrected chi connectivity index (χ1v) is 7.56. The van der Waals surface area contributed by atoms with Crippen LogP contribution in [0, 0.1) is 0 Å². The molecule has 1 aliphatic rings. The summed E-state index contributed by atoms with van der Waals surface area (Å²) in [5.74, 6) is 0. The van der Waals surface area contributed by atoms with Crippen molar-refractivity contribution in [2.45, 2.75) is 70.9 Å². The molecule has 1 aliphatic heterocycles. The van der Waals surface area contributed by atoms with Crippen molar-refractivity contribution in [3.05, 3.63) is 18.0 Å². The standard InChI is InChI=1S/C15H26N2O/c1-2-3-4-5-6-9-14-11-12-17(16-14)15-10-7-8-13-18-15/h11-12,15H,2-10,13H2,1H3. The quantitative estimate of drug-likeness (QED) is 0.681. The number of hydrogen-bond acceptors (Lipinski definition) is 2. The van der Waals surface area contributed by atoms with Crippen molar-refractivity contribution < 1.29 is 4.74 Å². The summed E-state index contributed by atoms with van der Waals surface area (Å²) in [6.07, 6.45) is 13.6. The van der Waals surface area contributed by atoms with Crippen LogP contribution in [0.3, 0.4) is 0 Å². The van der Waals surface area contributed by atoms with Gasteiger partial charge in [0.25, 0.3) is 0 Å². The molecule has 0 aliphatic carbocycles. The first kappa shape index (κ1) is 13.6. The van der Waals surface area contributed by atoms with Crippen molar-refractivity contribution in [3.63, 3.8) is 0 Å². The highest BCUT2D eigenvalue weighted by molar-refractivity contribution is 4.99. The zero-order chi connectivity index (χ0) is 12.6. The van der Waals surface area contributed by atoms with Crippen LogP contribution in [-0.2, 0) is 11.2 Å². The third-order valence-corrected chi connectivity index (χ3v) is 3.65. The molecule has 1 aromatic rings. The summed E-state index contributed by atoms with van der Waals surface area (Å²) in [5, 5.41) is 4.64. The monoisotopic (exact) mass is 250 g/mol. The van der Waals surface area contributed by atoms with Gasteiger partial charge in [0.15, 0.2) is 0 Å². The molecule has 3 nitrogen and oxygen atoms in total. The topological polar surface area (TPSA) is 27.1 Å². The predicted molar refractivity (Wildman–Crippen MR) is 73.5 cm³/mol. The van der Waals surface area contributed by atoms with Gasteiger partial charge in [-0.2, -0.15) is 5.10 Å². The fraction of sp³-hybridized carbons (Fsp3) is 0.800. The van der Waals surface area contributed by atoms with E-state index in [4.69, 9.17) is 4.74 Å². The van der Waals surface area contributed by atoms with Crippen LogP contribution in [0.5, 0.6) is 0 Å². The van der Waals surface area contributed by atoms with Gasteiger partial charge in [0, 0.05) is 12.8 Å². The average molecular weight is 250 g/mol. The molecule has 1 unspecified atom stereocenters. The molecular formula is C15H26N2O. The van der Waals surface area contributed by atoms with E-state index in [-0.39, 0.29) is 6.23 Å². The minimum atomic E-state index is 0.188. The van der Waals surface area contributed by atoms with E-state index in [1.807, 2.05) is 4.68 Å². The molecule has 3 heteroatoms. The average Bonchev–Trinajstić information content (AvgIpc) is 2.88. The molecule has 2 rings (SSSR count). The zero-order valence-electron chi connectivity index (χ0n) is 11.6. The van der Waals surface area contributed by atoms with E-state index in [1.54, 1.807) is 0 Å². The summed E-state index contributed by atoms with van der Waals surface area (Å²) < 4.78 is 7.75. The van der Waals surface area contributed by atoms with Crippen LogP contribution in [-0.4, -0.2) is 16.4 Å². The van der Waals surface area contributed by atoms with Gasteiger partial charge in [0.1, 0.15) is 6.23 Å². The Morgan fingerprint density at radius 3 is 2.94 bits per heavy atom. The van der Waals surface area contributed by atoms with E-state index in [0.29, 0.717) is 0 Å². The summed E-state index contributed by atoms with van der Waals surface area (Å²) in [5.41, 5.74) is 1.22. The molecule has 0 aromatic carbocycles. The minimum absolute atomic E-state index is 0.188. The second kappa shape index (κ2) is 7.57. The Hall–Kier alpha value is -0.830. The third kappa shape index (κ3) is 4.13. The van der Waals surface area contributed by atoms with Crippen LogP contribution >= 0.6 is 0 Å². The van der Waals surface area contributed by atoms with Crippen LogP contribution in [0.1, 0.15) is 70.2 Å². The summed E-state index contributed by atoms with van der Waals surface area (Å²) in [6.45, 7) is 3.14. The highest BCUT2D eigenvalue weighted by Gasteiger charge is 2.16. The van der Waals surface area contributed by atoms with Crippen LogP contribution in [0.2, 0.25) is 0 Å². The Bertz CT molecular complexity index is 329. The largest absolute Gasteiger partial charge is 0.357 e. The van der Waals surface area contributed by atoms with Crippen molar-refractivity contribution in [1.82, 2.24) is 9.78 Å². The molecule has 18 heavy (non-hydrogen) atoms. The molecule has 1 atom stereocenters. The molecule has 102 valence electrons. The highest BCUT2D eigenvalue weighted by atomic mass is 16.5. The Balaban J connectivity index is 1.72. The van der Waals surface area contributed by atoms with E-state index >= 15 is 0 Å². The van der Waals surface area contributed by atoms with E-state index in [9.17, 15) is 0 Å². The Morgan fingerprint density at radius 2 is 2.17 bits per heavy atom. The fourth-order valence-electron chi connectivity index (χ4n) is 2.51. The molecule has 0 bridgehead atoms. The zero-order valence-corrected chi connectivity index (χ0v) is 11.6. The van der Waals surface area contributed by atoms with Crippen LogP contribution in [0.15, 0.2) is 12.3 Å². The molecule has 0 spiro atoms. The van der Waals surface area contributed by atoms with E-state index < -0.39 is 0 Å². The molecule has 1 saturated heterocycles. The first-order chi connectivity index (χ1) is 8.90. The van der Waals surface area contributed by atoms with Crippen molar-refractivity contribution >= 4 is 0 Å². The number of unbranched alkanes of at least 4 members (excludes halogenated alkanes) is 4. The van der Waals surface area contributed by atoms with Gasteiger partial charge in [-0.25, -0.2) is 4.68 Å². The SMILES string of the molecule is CCCCCCCc1ccn(C2CCCCO2)n1. The van der Waals surface area contributed by atoms with Crippen LogP contribution in [0.25, 0.3) is 0 Å². The number of aromatic nitrogens is 2. The first-order valence-electron chi connectivity index (χ1n) is 7.56. The van der Waals surface area contributed by atoms with Gasteiger partial charge < -0.3 is 4.74 Å². The lowest BCUT2D eigenvalue weighted by molar-refractivity contribution is -0.0396. The number of aryl methyl sites for hydroxylation is 1. The van der Waals surface area contributed by atoms with Gasteiger partial charge in [-0.1, -0.05) is 32.6 Å². The third-order valence-electron chi connectivity index (χ3n) is 3.65. The Morgan fingerprint density at radius 1 is 1.28 bits per heavy atom. The van der Waals surface area contributed by atoms with Gasteiger partial charge in [0.2, 0.25) is 0 Å². The highest BCUT2D eigenvalue weighted by Crippen LogP contribution is 2.21. The normalized spacial score (nSPS) is 20.2. The van der Waals surface area contributed by atoms with Gasteiger partial charge in [0.05, 0.1) is 5.69 Å². The molecule has 0 saturated carbocycles. The fourth-order valence-corrected chi connectivity index (χ4v) is 2.51. The van der Waals surface area contributed by atoms with Gasteiger partial charge in [-0.05, 0) is 38.2 Å². The van der Waals surface area contributed by atoms with Crippen molar-refractivity contribution in [2.24, 2.45) is 0 Å². The summed E-state index contributed by atoms with van der Waals surface area (Å²) in [6, 6.07) is 2.15. The second-order valence-electron chi connectivity index (χ2n) is 5.27. The lowest BCUT2D eigenvalue weighted by Crippen LogP contribution is -2.18. The maximum absolute atomic E-state index is 5.74. The minimum Gasteiger partial charge on any atom is -0.357 e. The van der Waals surface area contributed by atoms with Crippen molar-refractivity contribution in [3.8, 4) is 0 Å². The predicted octanol–water partition coefficient (Wildman–Crippen LogP) is 4.10. The lowest BCUT2D eigenvalue weighted by Gasteiger charge is -2.22. The van der Waals surface area contributed by atoms with Gasteiger partial charge in [-0.15, -0.1) is 0 Å². The smallest absolute Gasteiger partial charge is 0.150 e. The summed E-state index contributed by atoms with van der Waals surface area (Å²) in [7, 11) is 0.